The lowest BCUT2D eigenvalue weighted by molar-refractivity contribution is -0.703. The molecule has 0 radical (unpaired) electrons. The van der Waals surface area contributed by atoms with Crippen molar-refractivity contribution in [1.82, 2.24) is 24.9 Å². The number of anilines is 2. The van der Waals surface area contributed by atoms with Gasteiger partial charge in [-0.1, -0.05) is 9.61 Å². The van der Waals surface area contributed by atoms with E-state index in [9.17, 15) is 0 Å². The number of fused-ring (bicyclic) bond motifs is 3. The Morgan fingerprint density at radius 1 is 1.23 bits per heavy atom. The van der Waals surface area contributed by atoms with Gasteiger partial charge in [-0.2, -0.15) is 5.10 Å². The number of aromatic nitrogens is 6. The molecule has 30 heavy (non-hydrogen) atoms. The van der Waals surface area contributed by atoms with Crippen LogP contribution in [0.25, 0.3) is 17.2 Å². The molecule has 10 heteroatoms. The van der Waals surface area contributed by atoms with Crippen LogP contribution in [-0.2, 0) is 16.5 Å². The number of ether oxygens (including phenoxy) is 2. The Balaban J connectivity index is 1.53. The van der Waals surface area contributed by atoms with Gasteiger partial charge in [0, 0.05) is 37.9 Å². The number of hydrogen-bond acceptors (Lipinski definition) is 7. The Morgan fingerprint density at radius 3 is 2.80 bits per heavy atom. The van der Waals surface area contributed by atoms with Gasteiger partial charge in [0.05, 0.1) is 25.4 Å². The molecular formula is C20H27N8O2+. The van der Waals surface area contributed by atoms with Crippen molar-refractivity contribution in [3.63, 3.8) is 0 Å². The van der Waals surface area contributed by atoms with Gasteiger partial charge in [0.15, 0.2) is 5.82 Å². The van der Waals surface area contributed by atoms with Crippen LogP contribution in [0.3, 0.4) is 0 Å². The molecule has 2 unspecified atom stereocenters. The van der Waals surface area contributed by atoms with E-state index in [1.807, 2.05) is 22.3 Å². The Hall–Kier alpha value is -2.72. The molecule has 0 saturated carbocycles. The molecule has 0 amide bonds. The second-order valence-electron chi connectivity index (χ2n) is 8.52. The molecule has 3 aliphatic rings. The van der Waals surface area contributed by atoms with Crippen molar-refractivity contribution >= 4 is 17.2 Å². The van der Waals surface area contributed by atoms with E-state index in [-0.39, 0.29) is 6.04 Å². The quantitative estimate of drug-likeness (QED) is 0.630. The number of nitrogens with zero attached hydrogens (tertiary/aromatic N) is 7. The normalized spacial score (nSPS) is 26.7. The van der Waals surface area contributed by atoms with Gasteiger partial charge in [0.1, 0.15) is 18.4 Å². The minimum Gasteiger partial charge on any atom is -0.377 e. The first-order valence-electron chi connectivity index (χ1n) is 10.7. The van der Waals surface area contributed by atoms with Crippen LogP contribution in [0, 0.1) is 0 Å². The second-order valence-corrected chi connectivity index (χ2v) is 8.52. The minimum atomic E-state index is 0.282. The molecule has 0 spiro atoms. The predicted molar refractivity (Wildman–Crippen MR) is 109 cm³/mol. The lowest BCUT2D eigenvalue weighted by atomic mass is 10.2. The highest BCUT2D eigenvalue weighted by Crippen LogP contribution is 2.33. The SMILES string of the molecule is C[C@@H]1COCCN1c1cc(N2CC3CCC(C2)O3)nn2c(-c3ccn[nH]3)n[n+](C)c12. The first-order chi connectivity index (χ1) is 14.7. The first kappa shape index (κ1) is 18.1. The van der Waals surface area contributed by atoms with Crippen LogP contribution in [0.5, 0.6) is 0 Å². The number of aryl methyl sites for hydroxylation is 1. The average molecular weight is 411 g/mol. The third kappa shape index (κ3) is 2.85. The van der Waals surface area contributed by atoms with Crippen molar-refractivity contribution in [2.24, 2.45) is 7.05 Å². The zero-order valence-electron chi connectivity index (χ0n) is 17.4. The summed E-state index contributed by atoms with van der Waals surface area (Å²) < 4.78 is 15.6. The van der Waals surface area contributed by atoms with Crippen LogP contribution in [0.1, 0.15) is 19.8 Å². The predicted octanol–water partition coefficient (Wildman–Crippen LogP) is 0.537. The van der Waals surface area contributed by atoms with Crippen LogP contribution in [0.15, 0.2) is 18.3 Å². The molecule has 3 fully saturated rings. The standard InChI is InChI=1S/C20H27N8O2/c1-13-12-29-8-7-27(13)17-9-18(26-10-14-3-4-15(11-26)30-14)23-28-19(16-5-6-21-22-16)24-25(2)20(17)28/h5-6,9,13-15H,3-4,7-8,10-12H2,1-2H3,(H,21,22)/q+1/t13-,14?,15?/m1/s1. The summed E-state index contributed by atoms with van der Waals surface area (Å²) in [4.78, 5) is 4.79. The Bertz CT molecular complexity index is 1050. The first-order valence-corrected chi connectivity index (χ1v) is 10.7. The summed E-state index contributed by atoms with van der Waals surface area (Å²) >= 11 is 0. The van der Waals surface area contributed by atoms with Crippen molar-refractivity contribution in [3.8, 4) is 11.5 Å². The largest absolute Gasteiger partial charge is 0.377 e. The monoisotopic (exact) mass is 411 g/mol. The van der Waals surface area contributed by atoms with Crippen LogP contribution in [0.4, 0.5) is 11.5 Å². The lowest BCUT2D eigenvalue weighted by Crippen LogP contribution is -2.46. The van der Waals surface area contributed by atoms with Crippen molar-refractivity contribution in [3.05, 3.63) is 18.3 Å². The molecule has 3 aliphatic heterocycles. The summed E-state index contributed by atoms with van der Waals surface area (Å²) in [6.07, 6.45) is 4.62. The number of hydrogen-bond donors (Lipinski definition) is 1. The summed E-state index contributed by atoms with van der Waals surface area (Å²) in [5.74, 6) is 1.72. The maximum atomic E-state index is 6.05. The van der Waals surface area contributed by atoms with Gasteiger partial charge >= 0.3 is 11.5 Å². The maximum absolute atomic E-state index is 6.05. The Kier molecular flexibility index (Phi) is 4.17. The van der Waals surface area contributed by atoms with Crippen molar-refractivity contribution < 1.29 is 14.2 Å². The van der Waals surface area contributed by atoms with Crippen molar-refractivity contribution in [1.29, 1.82) is 0 Å². The molecule has 3 aromatic rings. The molecule has 0 aromatic carbocycles. The number of H-pyrrole nitrogens is 1. The highest BCUT2D eigenvalue weighted by atomic mass is 16.5. The minimum absolute atomic E-state index is 0.282. The fourth-order valence-corrected chi connectivity index (χ4v) is 4.96. The number of aromatic amines is 1. The molecule has 158 valence electrons. The number of nitrogens with one attached hydrogen (secondary N) is 1. The van der Waals surface area contributed by atoms with E-state index in [1.165, 1.54) is 0 Å². The average Bonchev–Trinajstić information content (AvgIpc) is 3.47. The summed E-state index contributed by atoms with van der Waals surface area (Å²) in [5, 5.41) is 17.0. The summed E-state index contributed by atoms with van der Waals surface area (Å²) in [7, 11) is 1.97. The van der Waals surface area contributed by atoms with Gasteiger partial charge in [-0.15, -0.1) is 4.68 Å². The molecule has 0 aliphatic carbocycles. The van der Waals surface area contributed by atoms with Gasteiger partial charge in [0.25, 0.3) is 0 Å². The molecule has 1 N–H and O–H groups in total. The molecule has 6 heterocycles. The van der Waals surface area contributed by atoms with E-state index < -0.39 is 0 Å². The van der Waals surface area contributed by atoms with E-state index in [2.05, 4.69) is 33.0 Å². The van der Waals surface area contributed by atoms with Gasteiger partial charge in [-0.3, -0.25) is 5.10 Å². The van der Waals surface area contributed by atoms with Crippen LogP contribution < -0.4 is 14.5 Å². The van der Waals surface area contributed by atoms with Gasteiger partial charge in [-0.25, -0.2) is 0 Å². The van der Waals surface area contributed by atoms with E-state index >= 15 is 0 Å². The summed E-state index contributed by atoms with van der Waals surface area (Å²) in [5.41, 5.74) is 2.95. The molecule has 2 bridgehead atoms. The Morgan fingerprint density at radius 2 is 2.07 bits per heavy atom. The smallest absolute Gasteiger partial charge is 0.353 e. The van der Waals surface area contributed by atoms with Crippen LogP contribution in [0.2, 0.25) is 0 Å². The Labute approximate surface area is 174 Å². The molecule has 3 atom stereocenters. The molecule has 10 nitrogen and oxygen atoms in total. The molecule has 6 rings (SSSR count). The second kappa shape index (κ2) is 6.92. The van der Waals surface area contributed by atoms with Crippen LogP contribution in [-0.4, -0.2) is 76.0 Å². The summed E-state index contributed by atoms with van der Waals surface area (Å²) in [6.45, 7) is 6.26. The molecule has 3 saturated heterocycles. The number of rotatable bonds is 3. The lowest BCUT2D eigenvalue weighted by Gasteiger charge is -2.36. The topological polar surface area (TPSA) is 87.7 Å². The third-order valence-corrected chi connectivity index (χ3v) is 6.44. The van der Waals surface area contributed by atoms with Crippen LogP contribution >= 0.6 is 0 Å². The van der Waals surface area contributed by atoms with E-state index in [4.69, 9.17) is 19.7 Å². The zero-order valence-corrected chi connectivity index (χ0v) is 17.4. The van der Waals surface area contributed by atoms with Crippen molar-refractivity contribution in [2.45, 2.75) is 38.0 Å². The molecular weight excluding hydrogens is 384 g/mol. The van der Waals surface area contributed by atoms with Gasteiger partial charge in [0.2, 0.25) is 0 Å². The zero-order chi connectivity index (χ0) is 20.2. The van der Waals surface area contributed by atoms with E-state index in [0.717, 1.165) is 74.4 Å². The number of morpholine rings is 2. The highest BCUT2D eigenvalue weighted by molar-refractivity contribution is 5.72. The van der Waals surface area contributed by atoms with E-state index in [0.29, 0.717) is 12.2 Å². The van der Waals surface area contributed by atoms with Gasteiger partial charge < -0.3 is 19.3 Å². The van der Waals surface area contributed by atoms with Crippen molar-refractivity contribution in [2.75, 3.05) is 42.6 Å². The maximum Gasteiger partial charge on any atom is 0.353 e. The highest BCUT2D eigenvalue weighted by Gasteiger charge is 2.37. The summed E-state index contributed by atoms with van der Waals surface area (Å²) in [6, 6.07) is 4.43. The fraction of sp³-hybridized carbons (Fsp3) is 0.600. The van der Waals surface area contributed by atoms with Gasteiger partial charge in [-0.05, 0) is 30.9 Å². The molecule has 3 aromatic heterocycles. The fourth-order valence-electron chi connectivity index (χ4n) is 4.96. The van der Waals surface area contributed by atoms with E-state index in [1.54, 1.807) is 6.20 Å². The third-order valence-electron chi connectivity index (χ3n) is 6.44.